The van der Waals surface area contributed by atoms with Crippen LogP contribution < -0.4 is 5.32 Å². The van der Waals surface area contributed by atoms with Gasteiger partial charge in [-0.25, -0.2) is 0 Å². The molecule has 0 spiro atoms. The summed E-state index contributed by atoms with van der Waals surface area (Å²) in [6.45, 7) is 4.64. The molecule has 88 valence electrons. The van der Waals surface area contributed by atoms with Crippen molar-refractivity contribution < 1.29 is 0 Å². The van der Waals surface area contributed by atoms with Gasteiger partial charge in [-0.15, -0.1) is 0 Å². The van der Waals surface area contributed by atoms with Crippen molar-refractivity contribution in [1.29, 1.82) is 0 Å². The van der Waals surface area contributed by atoms with Crippen molar-refractivity contribution >= 4 is 0 Å². The summed E-state index contributed by atoms with van der Waals surface area (Å²) in [5, 5.41) is 3.42. The van der Waals surface area contributed by atoms with E-state index < -0.39 is 0 Å². The number of hydrogen-bond donors (Lipinski definition) is 1. The predicted octanol–water partition coefficient (Wildman–Crippen LogP) is 3.28. The molecule has 1 aliphatic rings. The minimum Gasteiger partial charge on any atom is -0.317 e. The molecule has 0 amide bonds. The smallest absolute Gasteiger partial charge is 0.00727 e. The van der Waals surface area contributed by atoms with Crippen LogP contribution in [0.4, 0.5) is 0 Å². The molecule has 2 atom stereocenters. The van der Waals surface area contributed by atoms with Gasteiger partial charge in [0, 0.05) is 6.04 Å². The molecule has 1 heteroatoms. The fourth-order valence-electron chi connectivity index (χ4n) is 2.92. The molecule has 0 bridgehead atoms. The quantitative estimate of drug-likeness (QED) is 0.819. The van der Waals surface area contributed by atoms with Gasteiger partial charge in [0.1, 0.15) is 0 Å². The molecule has 0 saturated heterocycles. The molecule has 1 fully saturated rings. The van der Waals surface area contributed by atoms with Crippen molar-refractivity contribution in [3.05, 3.63) is 35.4 Å². The van der Waals surface area contributed by atoms with Crippen LogP contribution in [0, 0.1) is 0 Å². The largest absolute Gasteiger partial charge is 0.317 e. The van der Waals surface area contributed by atoms with Gasteiger partial charge in [-0.1, -0.05) is 38.1 Å². The Hall–Kier alpha value is -0.820. The third kappa shape index (κ3) is 2.15. The Morgan fingerprint density at radius 1 is 1.44 bits per heavy atom. The Morgan fingerprint density at radius 3 is 2.88 bits per heavy atom. The number of rotatable bonds is 3. The second-order valence-electron chi connectivity index (χ2n) is 5.34. The number of hydrogen-bond acceptors (Lipinski definition) is 1. The Kier molecular flexibility index (Phi) is 3.34. The Bertz CT molecular complexity index is 358. The van der Waals surface area contributed by atoms with Gasteiger partial charge >= 0.3 is 0 Å². The van der Waals surface area contributed by atoms with Gasteiger partial charge in [0.05, 0.1) is 0 Å². The normalized spacial score (nSPS) is 29.6. The van der Waals surface area contributed by atoms with Crippen molar-refractivity contribution in [3.63, 3.8) is 0 Å². The van der Waals surface area contributed by atoms with Crippen LogP contribution in [-0.4, -0.2) is 13.1 Å². The SMILES string of the molecule is CCc1cccc(C2(C)CCC(NC)C2)c1. The maximum atomic E-state index is 3.42. The van der Waals surface area contributed by atoms with Crippen molar-refractivity contribution in [3.8, 4) is 0 Å². The van der Waals surface area contributed by atoms with Gasteiger partial charge in [0.2, 0.25) is 0 Å². The molecular weight excluding hydrogens is 194 g/mol. The van der Waals surface area contributed by atoms with Crippen LogP contribution in [0.3, 0.4) is 0 Å². The molecule has 1 aromatic carbocycles. The number of aryl methyl sites for hydroxylation is 1. The minimum atomic E-state index is 0.388. The molecule has 16 heavy (non-hydrogen) atoms. The zero-order valence-corrected chi connectivity index (χ0v) is 10.7. The zero-order valence-electron chi connectivity index (χ0n) is 10.7. The van der Waals surface area contributed by atoms with Crippen LogP contribution in [0.25, 0.3) is 0 Å². The van der Waals surface area contributed by atoms with Gasteiger partial charge in [0.15, 0.2) is 0 Å². The summed E-state index contributed by atoms with van der Waals surface area (Å²) >= 11 is 0. The number of benzene rings is 1. The second-order valence-corrected chi connectivity index (χ2v) is 5.34. The Labute approximate surface area is 99.3 Å². The summed E-state index contributed by atoms with van der Waals surface area (Å²) in [4.78, 5) is 0. The summed E-state index contributed by atoms with van der Waals surface area (Å²) in [5.74, 6) is 0. The number of nitrogens with one attached hydrogen (secondary N) is 1. The lowest BCUT2D eigenvalue weighted by Gasteiger charge is -2.25. The van der Waals surface area contributed by atoms with E-state index in [0.29, 0.717) is 11.5 Å². The lowest BCUT2D eigenvalue weighted by Crippen LogP contribution is -2.25. The molecule has 0 aromatic heterocycles. The monoisotopic (exact) mass is 217 g/mol. The second kappa shape index (κ2) is 4.58. The van der Waals surface area contributed by atoms with Gasteiger partial charge in [-0.3, -0.25) is 0 Å². The summed E-state index contributed by atoms with van der Waals surface area (Å²) in [6.07, 6.45) is 5.03. The average Bonchev–Trinajstić information content (AvgIpc) is 2.73. The predicted molar refractivity (Wildman–Crippen MR) is 69.9 cm³/mol. The van der Waals surface area contributed by atoms with E-state index in [1.807, 2.05) is 0 Å². The maximum Gasteiger partial charge on any atom is 0.00727 e. The molecular formula is C15H23N. The van der Waals surface area contributed by atoms with E-state index in [1.165, 1.54) is 30.4 Å². The van der Waals surface area contributed by atoms with Crippen LogP contribution in [-0.2, 0) is 11.8 Å². The van der Waals surface area contributed by atoms with Gasteiger partial charge in [-0.2, -0.15) is 0 Å². The van der Waals surface area contributed by atoms with E-state index >= 15 is 0 Å². The molecule has 1 nitrogen and oxygen atoms in total. The van der Waals surface area contributed by atoms with E-state index in [9.17, 15) is 0 Å². The van der Waals surface area contributed by atoms with Crippen molar-refractivity contribution in [2.45, 2.75) is 51.0 Å². The standard InChI is InChI=1S/C15H23N/c1-4-12-6-5-7-13(10-12)15(2)9-8-14(11-15)16-3/h5-7,10,14,16H,4,8-9,11H2,1-3H3. The molecule has 0 heterocycles. The van der Waals surface area contributed by atoms with E-state index in [1.54, 1.807) is 0 Å². The lowest BCUT2D eigenvalue weighted by atomic mass is 9.80. The van der Waals surface area contributed by atoms with Crippen molar-refractivity contribution in [2.75, 3.05) is 7.05 Å². The highest BCUT2D eigenvalue weighted by atomic mass is 14.9. The van der Waals surface area contributed by atoms with Crippen LogP contribution in [0.1, 0.15) is 44.2 Å². The maximum absolute atomic E-state index is 3.42. The van der Waals surface area contributed by atoms with E-state index in [2.05, 4.69) is 50.5 Å². The molecule has 0 aliphatic heterocycles. The third-order valence-corrected chi connectivity index (χ3v) is 4.18. The molecule has 1 N–H and O–H groups in total. The summed E-state index contributed by atoms with van der Waals surface area (Å²) in [7, 11) is 2.08. The topological polar surface area (TPSA) is 12.0 Å². The van der Waals surface area contributed by atoms with Crippen LogP contribution in [0.2, 0.25) is 0 Å². The van der Waals surface area contributed by atoms with Gasteiger partial charge in [-0.05, 0) is 49.3 Å². The molecule has 2 unspecified atom stereocenters. The summed E-state index contributed by atoms with van der Waals surface area (Å²) in [5.41, 5.74) is 3.38. The van der Waals surface area contributed by atoms with Gasteiger partial charge in [0.25, 0.3) is 0 Å². The van der Waals surface area contributed by atoms with Crippen LogP contribution in [0.15, 0.2) is 24.3 Å². The van der Waals surface area contributed by atoms with E-state index in [-0.39, 0.29) is 0 Å². The molecule has 2 rings (SSSR count). The summed E-state index contributed by atoms with van der Waals surface area (Å²) in [6, 6.07) is 9.86. The first kappa shape index (κ1) is 11.7. The highest BCUT2D eigenvalue weighted by molar-refractivity contribution is 5.31. The van der Waals surface area contributed by atoms with E-state index in [0.717, 1.165) is 6.42 Å². The fourth-order valence-corrected chi connectivity index (χ4v) is 2.92. The van der Waals surface area contributed by atoms with E-state index in [4.69, 9.17) is 0 Å². The van der Waals surface area contributed by atoms with Crippen LogP contribution >= 0.6 is 0 Å². The first-order valence-electron chi connectivity index (χ1n) is 6.44. The van der Waals surface area contributed by atoms with Crippen LogP contribution in [0.5, 0.6) is 0 Å². The average molecular weight is 217 g/mol. The summed E-state index contributed by atoms with van der Waals surface area (Å²) < 4.78 is 0. The third-order valence-electron chi connectivity index (χ3n) is 4.18. The molecule has 1 aliphatic carbocycles. The highest BCUT2D eigenvalue weighted by Crippen LogP contribution is 2.40. The zero-order chi connectivity index (χ0) is 11.6. The molecule has 1 saturated carbocycles. The Balaban J connectivity index is 2.22. The lowest BCUT2D eigenvalue weighted by molar-refractivity contribution is 0.466. The highest BCUT2D eigenvalue weighted by Gasteiger charge is 2.35. The molecule has 0 radical (unpaired) electrons. The fraction of sp³-hybridized carbons (Fsp3) is 0.600. The Morgan fingerprint density at radius 2 is 2.25 bits per heavy atom. The first-order valence-corrected chi connectivity index (χ1v) is 6.44. The van der Waals surface area contributed by atoms with Crippen molar-refractivity contribution in [2.24, 2.45) is 0 Å². The molecule has 1 aromatic rings. The van der Waals surface area contributed by atoms with Crippen molar-refractivity contribution in [1.82, 2.24) is 5.32 Å². The first-order chi connectivity index (χ1) is 7.68. The van der Waals surface area contributed by atoms with Gasteiger partial charge < -0.3 is 5.32 Å². The minimum absolute atomic E-state index is 0.388.